The topological polar surface area (TPSA) is 88.0 Å². The van der Waals surface area contributed by atoms with Crippen LogP contribution in [0.5, 0.6) is 17.2 Å². The third-order valence-corrected chi connectivity index (χ3v) is 6.55. The SMILES string of the molecule is COc1ccc(C(O)=C2C(=O)Nc3cc(Cl)c(-c4ccc(-c5cccc(OC)c5O)cc4)cc32)cc1F. The number of nitrogens with one attached hydrogen (secondary N) is 1. The lowest BCUT2D eigenvalue weighted by Crippen LogP contribution is -2.06. The molecule has 1 aliphatic heterocycles. The van der Waals surface area contributed by atoms with Crippen molar-refractivity contribution in [2.75, 3.05) is 19.5 Å². The molecule has 0 radical (unpaired) electrons. The van der Waals surface area contributed by atoms with Crippen molar-refractivity contribution in [2.45, 2.75) is 0 Å². The smallest absolute Gasteiger partial charge is 0.260 e. The average molecular weight is 518 g/mol. The number of hydrogen-bond donors (Lipinski definition) is 3. The summed E-state index contributed by atoms with van der Waals surface area (Å²) in [5, 5.41) is 24.5. The van der Waals surface area contributed by atoms with Crippen molar-refractivity contribution >= 4 is 34.5 Å². The number of para-hydroxylation sites is 1. The molecule has 3 N–H and O–H groups in total. The Balaban J connectivity index is 1.56. The van der Waals surface area contributed by atoms with Crippen LogP contribution in [0.1, 0.15) is 11.1 Å². The minimum atomic E-state index is -0.662. The first-order valence-corrected chi connectivity index (χ1v) is 11.6. The number of fused-ring (bicyclic) bond motifs is 1. The lowest BCUT2D eigenvalue weighted by molar-refractivity contribution is -0.110. The molecule has 0 saturated carbocycles. The van der Waals surface area contributed by atoms with Crippen LogP contribution in [-0.2, 0) is 4.79 Å². The summed E-state index contributed by atoms with van der Waals surface area (Å²) in [5.41, 5.74) is 3.79. The summed E-state index contributed by atoms with van der Waals surface area (Å²) in [7, 11) is 2.83. The quantitative estimate of drug-likeness (QED) is 0.198. The van der Waals surface area contributed by atoms with E-state index in [9.17, 15) is 19.4 Å². The fourth-order valence-corrected chi connectivity index (χ4v) is 4.63. The Morgan fingerprint density at radius 1 is 0.865 bits per heavy atom. The van der Waals surface area contributed by atoms with Gasteiger partial charge in [0.05, 0.1) is 30.5 Å². The summed E-state index contributed by atoms with van der Waals surface area (Å²) >= 11 is 6.56. The fourth-order valence-electron chi connectivity index (χ4n) is 4.35. The average Bonchev–Trinajstić information content (AvgIpc) is 3.22. The highest BCUT2D eigenvalue weighted by Gasteiger charge is 2.30. The molecule has 0 atom stereocenters. The summed E-state index contributed by atoms with van der Waals surface area (Å²) in [6.45, 7) is 0. The highest BCUT2D eigenvalue weighted by atomic mass is 35.5. The molecule has 0 spiro atoms. The van der Waals surface area contributed by atoms with E-state index in [-0.39, 0.29) is 28.4 Å². The van der Waals surface area contributed by atoms with E-state index < -0.39 is 11.7 Å². The van der Waals surface area contributed by atoms with Gasteiger partial charge in [-0.05, 0) is 47.5 Å². The Labute approximate surface area is 217 Å². The van der Waals surface area contributed by atoms with Gasteiger partial charge in [0.25, 0.3) is 5.91 Å². The van der Waals surface area contributed by atoms with E-state index in [1.165, 1.54) is 26.4 Å². The summed E-state index contributed by atoms with van der Waals surface area (Å²) in [5.74, 6) is -1.12. The van der Waals surface area contributed by atoms with Gasteiger partial charge in [0.1, 0.15) is 5.76 Å². The number of carbonyl (C=O) groups is 1. The van der Waals surface area contributed by atoms with E-state index in [0.717, 1.165) is 17.2 Å². The molecule has 6 nitrogen and oxygen atoms in total. The molecule has 1 heterocycles. The highest BCUT2D eigenvalue weighted by molar-refractivity contribution is 6.38. The molecule has 8 heteroatoms. The Morgan fingerprint density at radius 3 is 2.19 bits per heavy atom. The number of carbonyl (C=O) groups excluding carboxylic acids is 1. The lowest BCUT2D eigenvalue weighted by atomic mass is 9.95. The molecule has 186 valence electrons. The van der Waals surface area contributed by atoms with Crippen LogP contribution >= 0.6 is 11.6 Å². The van der Waals surface area contributed by atoms with Gasteiger partial charge in [0.15, 0.2) is 23.1 Å². The van der Waals surface area contributed by atoms with E-state index in [4.69, 9.17) is 21.1 Å². The molecule has 5 rings (SSSR count). The molecular weight excluding hydrogens is 497 g/mol. The number of anilines is 1. The van der Waals surface area contributed by atoms with Gasteiger partial charge in [-0.1, -0.05) is 48.0 Å². The number of ether oxygens (including phenoxy) is 2. The third-order valence-electron chi connectivity index (χ3n) is 6.24. The number of phenols is 1. The summed E-state index contributed by atoms with van der Waals surface area (Å²) in [6, 6.07) is 19.9. The molecule has 0 unspecified atom stereocenters. The normalized spacial score (nSPS) is 13.7. The number of rotatable bonds is 5. The lowest BCUT2D eigenvalue weighted by Gasteiger charge is -2.12. The Bertz CT molecular complexity index is 1580. The second kappa shape index (κ2) is 9.52. The molecule has 4 aromatic carbocycles. The zero-order chi connectivity index (χ0) is 26.3. The minimum Gasteiger partial charge on any atom is -0.506 e. The number of hydrogen-bond acceptors (Lipinski definition) is 5. The fraction of sp³-hybridized carbons (Fsp3) is 0.0690. The van der Waals surface area contributed by atoms with Crippen molar-refractivity contribution in [1.29, 1.82) is 0 Å². The second-order valence-electron chi connectivity index (χ2n) is 8.34. The van der Waals surface area contributed by atoms with Crippen LogP contribution < -0.4 is 14.8 Å². The molecule has 0 saturated heterocycles. The van der Waals surface area contributed by atoms with Crippen LogP contribution in [-0.4, -0.2) is 30.3 Å². The van der Waals surface area contributed by atoms with Gasteiger partial charge in [0.2, 0.25) is 0 Å². The second-order valence-corrected chi connectivity index (χ2v) is 8.75. The molecule has 0 aliphatic carbocycles. The highest BCUT2D eigenvalue weighted by Crippen LogP contribution is 2.43. The number of aliphatic hydroxyl groups excluding tert-OH is 1. The predicted octanol–water partition coefficient (Wildman–Crippen LogP) is 6.91. The molecule has 0 fully saturated rings. The zero-order valence-electron chi connectivity index (χ0n) is 19.8. The van der Waals surface area contributed by atoms with Gasteiger partial charge in [-0.2, -0.15) is 0 Å². The van der Waals surface area contributed by atoms with Crippen LogP contribution in [0.15, 0.2) is 72.8 Å². The van der Waals surface area contributed by atoms with Crippen molar-refractivity contribution in [2.24, 2.45) is 0 Å². The minimum absolute atomic E-state index is 0.00964. The van der Waals surface area contributed by atoms with Crippen molar-refractivity contribution in [3.8, 4) is 39.5 Å². The predicted molar refractivity (Wildman–Crippen MR) is 142 cm³/mol. The van der Waals surface area contributed by atoms with Gasteiger partial charge in [0, 0.05) is 22.3 Å². The zero-order valence-corrected chi connectivity index (χ0v) is 20.6. The number of phenolic OH excluding ortho intramolecular Hbond substituents is 1. The number of benzene rings is 4. The van der Waals surface area contributed by atoms with E-state index in [2.05, 4.69) is 5.32 Å². The maximum atomic E-state index is 14.3. The van der Waals surface area contributed by atoms with E-state index in [1.54, 1.807) is 30.3 Å². The van der Waals surface area contributed by atoms with Crippen LogP contribution in [0.25, 0.3) is 33.6 Å². The van der Waals surface area contributed by atoms with Gasteiger partial charge in [-0.25, -0.2) is 4.39 Å². The van der Waals surface area contributed by atoms with Crippen molar-refractivity contribution in [3.05, 3.63) is 94.8 Å². The van der Waals surface area contributed by atoms with Crippen molar-refractivity contribution in [3.63, 3.8) is 0 Å². The monoisotopic (exact) mass is 517 g/mol. The summed E-state index contributed by atoms with van der Waals surface area (Å²) in [6.07, 6.45) is 0. The van der Waals surface area contributed by atoms with E-state index >= 15 is 0 Å². The Morgan fingerprint density at radius 2 is 1.54 bits per heavy atom. The van der Waals surface area contributed by atoms with Gasteiger partial charge in [-0.3, -0.25) is 4.79 Å². The summed E-state index contributed by atoms with van der Waals surface area (Å²) in [4.78, 5) is 12.8. The van der Waals surface area contributed by atoms with Gasteiger partial charge in [-0.15, -0.1) is 0 Å². The summed E-state index contributed by atoms with van der Waals surface area (Å²) < 4.78 is 24.4. The first-order valence-electron chi connectivity index (χ1n) is 11.2. The van der Waals surface area contributed by atoms with Crippen LogP contribution in [0.2, 0.25) is 5.02 Å². The number of amides is 1. The first-order chi connectivity index (χ1) is 17.8. The molecular formula is C29H21ClFNO5. The number of aliphatic hydroxyl groups is 1. The number of halogens is 2. The van der Waals surface area contributed by atoms with Gasteiger partial charge < -0.3 is 25.0 Å². The third kappa shape index (κ3) is 4.23. The molecule has 0 aromatic heterocycles. The van der Waals surface area contributed by atoms with E-state index in [1.807, 2.05) is 24.3 Å². The number of methoxy groups -OCH3 is 2. The Hall–Kier alpha value is -4.49. The molecule has 4 aromatic rings. The van der Waals surface area contributed by atoms with E-state index in [0.29, 0.717) is 33.1 Å². The van der Waals surface area contributed by atoms with Crippen molar-refractivity contribution in [1.82, 2.24) is 0 Å². The Kier molecular flexibility index (Phi) is 6.23. The maximum absolute atomic E-state index is 14.3. The van der Waals surface area contributed by atoms with Crippen LogP contribution in [0, 0.1) is 5.82 Å². The number of aromatic hydroxyl groups is 1. The maximum Gasteiger partial charge on any atom is 0.260 e. The molecule has 1 aliphatic rings. The van der Waals surface area contributed by atoms with Crippen LogP contribution in [0.4, 0.5) is 10.1 Å². The molecule has 37 heavy (non-hydrogen) atoms. The van der Waals surface area contributed by atoms with Crippen molar-refractivity contribution < 1.29 is 28.9 Å². The first kappa shape index (κ1) is 24.2. The standard InChI is InChI=1S/C29H21ClFNO5/c1-36-24-11-10-17(12-22(24)31)27(33)26-20-13-19(21(30)14-23(20)32-29(26)35)16-8-6-15(7-9-16)18-4-3-5-25(37-2)28(18)34/h3-14,33-34H,1-2H3,(H,32,35). The van der Waals surface area contributed by atoms with Gasteiger partial charge >= 0.3 is 0 Å². The van der Waals surface area contributed by atoms with Crippen LogP contribution in [0.3, 0.4) is 0 Å². The molecule has 1 amide bonds. The largest absolute Gasteiger partial charge is 0.506 e. The molecule has 0 bridgehead atoms.